The standard InChI is InChI=1S/C38H54N10O19S2/c1-15(49)30(37(65)45-21(11-29(57)58)35(63)46-23(13-68)32(60)41-12-26(52)42-22(38(66)67)9-25(40)51)48-36(64)24(14-69)47-34(62)20(10-28(55)56)44-33(61)19(6-7-27(53)54)43-31(59)18(39)8-16-2-4-17(50)5-3-16/h2-5,15,18-24,30,49-50,68-69H,6-14,39H2,1H3,(H2,40,51)(H,41,60)(H,42,52)(H,43,59)(H,44,61)(H,45,65)(H,46,63)(H,47,62)(H,48,64)(H,53,54)(H,55,56)(H,57,58)(H,66,67)/t15-,18+,19+,20+,21+,22+,23+,24+,30+/m1/s1. The molecule has 0 saturated heterocycles. The van der Waals surface area contributed by atoms with Gasteiger partial charge in [0.2, 0.25) is 53.2 Å². The van der Waals surface area contributed by atoms with Crippen molar-refractivity contribution in [2.45, 2.75) is 99.9 Å². The van der Waals surface area contributed by atoms with Crippen LogP contribution in [0.25, 0.3) is 0 Å². The van der Waals surface area contributed by atoms with E-state index >= 15 is 0 Å². The minimum absolute atomic E-state index is 0.0683. The molecular weight excluding hydrogens is 965 g/mol. The zero-order chi connectivity index (χ0) is 52.7. The van der Waals surface area contributed by atoms with Gasteiger partial charge in [0.1, 0.15) is 48.0 Å². The van der Waals surface area contributed by atoms with Gasteiger partial charge in [-0.3, -0.25) is 57.5 Å². The summed E-state index contributed by atoms with van der Waals surface area (Å²) in [4.78, 5) is 162. The summed E-state index contributed by atoms with van der Waals surface area (Å²) < 4.78 is 0. The van der Waals surface area contributed by atoms with E-state index in [1.807, 2.05) is 10.6 Å². The molecule has 9 atom stereocenters. The molecule has 0 heterocycles. The van der Waals surface area contributed by atoms with Crippen molar-refractivity contribution in [1.82, 2.24) is 42.5 Å². The number of aliphatic carboxylic acids is 4. The minimum atomic E-state index is -2.03. The van der Waals surface area contributed by atoms with Crippen LogP contribution in [0.2, 0.25) is 0 Å². The van der Waals surface area contributed by atoms with E-state index in [1.54, 1.807) is 0 Å². The summed E-state index contributed by atoms with van der Waals surface area (Å²) in [7, 11) is 0. The maximum absolute atomic E-state index is 13.4. The minimum Gasteiger partial charge on any atom is -0.508 e. The predicted octanol–water partition coefficient (Wildman–Crippen LogP) is -7.21. The quantitative estimate of drug-likeness (QED) is 0.0307. The summed E-state index contributed by atoms with van der Waals surface area (Å²) in [5.41, 5.74) is 11.4. The second kappa shape index (κ2) is 29.5. The molecular formula is C38H54N10O19S2. The lowest BCUT2D eigenvalue weighted by Gasteiger charge is -2.27. The van der Waals surface area contributed by atoms with E-state index in [1.165, 1.54) is 24.3 Å². The van der Waals surface area contributed by atoms with Gasteiger partial charge in [0.15, 0.2) is 0 Å². The number of nitrogens with two attached hydrogens (primary N) is 2. The molecule has 9 amide bonds. The number of carboxylic acids is 4. The fourth-order valence-electron chi connectivity index (χ4n) is 5.62. The van der Waals surface area contributed by atoms with Gasteiger partial charge in [-0.15, -0.1) is 0 Å². The molecule has 0 spiro atoms. The molecule has 0 aliphatic rings. The highest BCUT2D eigenvalue weighted by molar-refractivity contribution is 7.80. The highest BCUT2D eigenvalue weighted by atomic mass is 32.1. The molecule has 18 N–H and O–H groups in total. The molecule has 1 rings (SSSR count). The first-order chi connectivity index (χ1) is 32.2. The third kappa shape index (κ3) is 22.4. The van der Waals surface area contributed by atoms with Gasteiger partial charge in [0, 0.05) is 17.9 Å². The number of phenols is 1. The van der Waals surface area contributed by atoms with E-state index in [4.69, 9.17) is 16.6 Å². The predicted molar refractivity (Wildman–Crippen MR) is 239 cm³/mol. The lowest BCUT2D eigenvalue weighted by molar-refractivity contribution is -0.143. The van der Waals surface area contributed by atoms with E-state index in [0.717, 1.165) is 6.92 Å². The number of primary amides is 1. The van der Waals surface area contributed by atoms with E-state index in [-0.39, 0.29) is 12.2 Å². The highest BCUT2D eigenvalue weighted by Gasteiger charge is 2.36. The number of thiol groups is 2. The van der Waals surface area contributed by atoms with E-state index in [2.05, 4.69) is 57.2 Å². The second-order valence-corrected chi connectivity index (χ2v) is 15.6. The first kappa shape index (κ1) is 59.8. The van der Waals surface area contributed by atoms with Crippen LogP contribution in [0.3, 0.4) is 0 Å². The Morgan fingerprint density at radius 1 is 0.565 bits per heavy atom. The van der Waals surface area contributed by atoms with Gasteiger partial charge in [-0.1, -0.05) is 12.1 Å². The topological polar surface area (TPSA) is 492 Å². The Morgan fingerprint density at radius 3 is 1.46 bits per heavy atom. The number of rotatable bonds is 31. The summed E-state index contributed by atoms with van der Waals surface area (Å²) >= 11 is 7.92. The summed E-state index contributed by atoms with van der Waals surface area (Å²) in [5.74, 6) is -18.3. The van der Waals surface area contributed by atoms with Gasteiger partial charge < -0.3 is 84.6 Å². The van der Waals surface area contributed by atoms with Gasteiger partial charge in [0.25, 0.3) is 0 Å². The van der Waals surface area contributed by atoms with Crippen LogP contribution in [0.4, 0.5) is 0 Å². The monoisotopic (exact) mass is 1020 g/mol. The van der Waals surface area contributed by atoms with Crippen molar-refractivity contribution in [2.24, 2.45) is 11.5 Å². The van der Waals surface area contributed by atoms with Gasteiger partial charge in [-0.05, 0) is 37.5 Å². The highest BCUT2D eigenvalue weighted by Crippen LogP contribution is 2.12. The Labute approximate surface area is 401 Å². The number of aliphatic hydroxyl groups excluding tert-OH is 1. The zero-order valence-electron chi connectivity index (χ0n) is 36.4. The molecule has 0 fully saturated rings. The average molecular weight is 1020 g/mol. The number of carboxylic acid groups (broad SMARTS) is 4. The van der Waals surface area contributed by atoms with E-state index in [9.17, 15) is 87.9 Å². The number of phenolic OH excluding ortho intramolecular Hbond substituents is 1. The Hall–Kier alpha value is -7.25. The zero-order valence-corrected chi connectivity index (χ0v) is 38.2. The van der Waals surface area contributed by atoms with Crippen LogP contribution >= 0.6 is 25.3 Å². The Kier molecular flexibility index (Phi) is 25.5. The van der Waals surface area contributed by atoms with Crippen molar-refractivity contribution in [3.05, 3.63) is 29.8 Å². The number of hydrogen-bond donors (Lipinski definition) is 18. The number of aliphatic hydroxyl groups is 1. The molecule has 0 aromatic heterocycles. The molecule has 1 aromatic rings. The van der Waals surface area contributed by atoms with Crippen molar-refractivity contribution >= 4 is 102 Å². The fraction of sp³-hybridized carbons (Fsp3) is 0.500. The number of carbonyl (C=O) groups excluding carboxylic acids is 9. The summed E-state index contributed by atoms with van der Waals surface area (Å²) in [5, 5.41) is 73.9. The molecule has 0 aliphatic carbocycles. The average Bonchev–Trinajstić information content (AvgIpc) is 3.25. The van der Waals surface area contributed by atoms with Gasteiger partial charge in [0.05, 0.1) is 38.0 Å². The maximum Gasteiger partial charge on any atom is 0.326 e. The molecule has 0 bridgehead atoms. The van der Waals surface area contributed by atoms with Crippen LogP contribution < -0.4 is 54.0 Å². The van der Waals surface area contributed by atoms with Crippen LogP contribution in [0.5, 0.6) is 5.75 Å². The number of aromatic hydroxyl groups is 1. The molecule has 69 heavy (non-hydrogen) atoms. The third-order valence-corrected chi connectivity index (χ3v) is 9.92. The van der Waals surface area contributed by atoms with Gasteiger partial charge >= 0.3 is 23.9 Å². The van der Waals surface area contributed by atoms with Crippen molar-refractivity contribution in [3.63, 3.8) is 0 Å². The first-order valence-corrected chi connectivity index (χ1v) is 21.4. The molecule has 0 unspecified atom stereocenters. The Balaban J connectivity index is 3.16. The van der Waals surface area contributed by atoms with Crippen molar-refractivity contribution in [1.29, 1.82) is 0 Å². The maximum atomic E-state index is 13.4. The number of carbonyl (C=O) groups is 13. The van der Waals surface area contributed by atoms with Crippen LogP contribution in [0, 0.1) is 0 Å². The first-order valence-electron chi connectivity index (χ1n) is 20.2. The van der Waals surface area contributed by atoms with Gasteiger partial charge in [-0.2, -0.15) is 25.3 Å². The normalized spacial score (nSPS) is 14.7. The van der Waals surface area contributed by atoms with Crippen LogP contribution in [-0.2, 0) is 68.7 Å². The molecule has 0 saturated carbocycles. The van der Waals surface area contributed by atoms with Gasteiger partial charge in [-0.25, -0.2) is 4.79 Å². The van der Waals surface area contributed by atoms with Crippen molar-refractivity contribution < 1.29 is 93.0 Å². The Bertz CT molecular complexity index is 2080. The summed E-state index contributed by atoms with van der Waals surface area (Å²) in [6.45, 7) is 0.0946. The third-order valence-electron chi connectivity index (χ3n) is 9.19. The molecule has 31 heteroatoms. The molecule has 0 radical (unpaired) electrons. The number of hydrogen-bond acceptors (Lipinski definition) is 18. The molecule has 382 valence electrons. The SMILES string of the molecule is C[C@@H](O)[C@H](NC(=O)[C@H](CS)NC(=O)[C@H](CC(=O)O)NC(=O)[C@H](CCC(=O)O)NC(=O)[C@@H](N)Cc1ccc(O)cc1)C(=O)N[C@@H](CC(=O)O)C(=O)N[C@@H](CS)C(=O)NCC(=O)N[C@@H](CC(N)=O)C(=O)O. The number of amides is 9. The Morgan fingerprint density at radius 2 is 1.01 bits per heavy atom. The van der Waals surface area contributed by atoms with E-state index < -0.39 is 182 Å². The molecule has 29 nitrogen and oxygen atoms in total. The lowest BCUT2D eigenvalue weighted by Crippen LogP contribution is -2.62. The van der Waals surface area contributed by atoms with Crippen LogP contribution in [0.1, 0.15) is 44.6 Å². The molecule has 0 aliphatic heterocycles. The lowest BCUT2D eigenvalue weighted by atomic mass is 10.0. The van der Waals surface area contributed by atoms with Crippen LogP contribution in [-0.4, -0.2) is 180 Å². The fourth-order valence-corrected chi connectivity index (χ4v) is 6.14. The van der Waals surface area contributed by atoms with Crippen molar-refractivity contribution in [2.75, 3.05) is 18.1 Å². The van der Waals surface area contributed by atoms with Crippen molar-refractivity contribution in [3.8, 4) is 5.75 Å². The smallest absolute Gasteiger partial charge is 0.326 e. The number of nitrogens with one attached hydrogen (secondary N) is 8. The van der Waals surface area contributed by atoms with Crippen LogP contribution in [0.15, 0.2) is 24.3 Å². The number of benzene rings is 1. The second-order valence-electron chi connectivity index (χ2n) is 14.8. The largest absolute Gasteiger partial charge is 0.508 e. The summed E-state index contributed by atoms with van der Waals surface area (Å²) in [6.07, 6.45) is -6.26. The van der Waals surface area contributed by atoms with E-state index in [0.29, 0.717) is 5.56 Å². The summed E-state index contributed by atoms with van der Waals surface area (Å²) in [6, 6.07) is -8.63. The molecule has 1 aromatic carbocycles.